The molecule has 2 aromatic carbocycles. The summed E-state index contributed by atoms with van der Waals surface area (Å²) in [5.74, 6) is 0.113. The number of aryl methyl sites for hydroxylation is 3. The number of rotatable bonds is 12. The van der Waals surface area contributed by atoms with Crippen molar-refractivity contribution < 1.29 is 22.7 Å². The summed E-state index contributed by atoms with van der Waals surface area (Å²) >= 11 is 0. The van der Waals surface area contributed by atoms with Crippen LogP contribution in [-0.2, 0) is 26.2 Å². The van der Waals surface area contributed by atoms with E-state index in [1.165, 1.54) is 19.8 Å². The number of Topliss-reactive ketones (excluding diaryl/α,β-unsaturated/α-hetero) is 1. The highest BCUT2D eigenvalue weighted by atomic mass is 32.2. The van der Waals surface area contributed by atoms with Crippen LogP contribution >= 0.6 is 0 Å². The summed E-state index contributed by atoms with van der Waals surface area (Å²) in [4.78, 5) is 31.9. The van der Waals surface area contributed by atoms with Gasteiger partial charge in [-0.05, 0) is 87.8 Å². The summed E-state index contributed by atoms with van der Waals surface area (Å²) in [7, 11) is 5.00. The Morgan fingerprint density at radius 1 is 0.975 bits per heavy atom. The lowest BCUT2D eigenvalue weighted by Crippen LogP contribution is -2.34. The van der Waals surface area contributed by atoms with Crippen molar-refractivity contribution in [3.05, 3.63) is 52.6 Å². The van der Waals surface area contributed by atoms with E-state index in [0.29, 0.717) is 29.5 Å². The molecule has 220 valence electrons. The molecule has 0 aliphatic carbocycles. The number of nitrogens with zero attached hydrogens (tertiary/aromatic N) is 4. The van der Waals surface area contributed by atoms with Gasteiger partial charge in [-0.3, -0.25) is 9.59 Å². The molecule has 1 amide bonds. The highest BCUT2D eigenvalue weighted by molar-refractivity contribution is 7.89. The first-order chi connectivity index (χ1) is 18.7. The number of hydrogen-bond acceptors (Lipinski definition) is 7. The molecule has 0 bridgehead atoms. The van der Waals surface area contributed by atoms with Gasteiger partial charge in [-0.1, -0.05) is 6.07 Å². The molecule has 1 unspecified atom stereocenters. The molecule has 1 aliphatic rings. The van der Waals surface area contributed by atoms with Crippen molar-refractivity contribution in [1.82, 2.24) is 14.1 Å². The molecule has 1 atom stereocenters. The van der Waals surface area contributed by atoms with Gasteiger partial charge in [0.05, 0.1) is 18.6 Å². The Kier molecular flexibility index (Phi) is 10.4. The van der Waals surface area contributed by atoms with Gasteiger partial charge in [0.25, 0.3) is 0 Å². The predicted octanol–water partition coefficient (Wildman–Crippen LogP) is 3.39. The fourth-order valence-corrected chi connectivity index (χ4v) is 6.79. The first-order valence-electron chi connectivity index (χ1n) is 13.6. The van der Waals surface area contributed by atoms with Crippen molar-refractivity contribution in [2.24, 2.45) is 0 Å². The molecule has 10 heteroatoms. The van der Waals surface area contributed by atoms with Crippen LogP contribution in [0.4, 0.5) is 5.69 Å². The van der Waals surface area contributed by atoms with Crippen molar-refractivity contribution in [2.45, 2.75) is 57.5 Å². The van der Waals surface area contributed by atoms with Gasteiger partial charge in [-0.2, -0.15) is 4.31 Å². The quantitative estimate of drug-likeness (QED) is 0.385. The third-order valence-corrected chi connectivity index (χ3v) is 9.88. The van der Waals surface area contributed by atoms with Crippen molar-refractivity contribution >= 4 is 27.4 Å². The normalized spacial score (nSPS) is 15.7. The van der Waals surface area contributed by atoms with Crippen LogP contribution in [0, 0.1) is 20.8 Å². The minimum atomic E-state index is -3.88. The number of benzene rings is 2. The van der Waals surface area contributed by atoms with E-state index in [4.69, 9.17) is 4.74 Å². The molecule has 0 spiro atoms. The second-order valence-electron chi connectivity index (χ2n) is 11.1. The number of likely N-dealkylation sites (N-methyl/N-ethyl adjacent to an activating group) is 2. The van der Waals surface area contributed by atoms with Crippen LogP contribution in [0.25, 0.3) is 0 Å². The molecular weight excluding hydrogens is 528 g/mol. The van der Waals surface area contributed by atoms with Crippen LogP contribution in [0.3, 0.4) is 0 Å². The van der Waals surface area contributed by atoms with Crippen LogP contribution in [-0.4, -0.2) is 95.2 Å². The number of ketones is 1. The van der Waals surface area contributed by atoms with E-state index in [1.54, 1.807) is 37.9 Å². The molecule has 2 aromatic rings. The maximum absolute atomic E-state index is 13.2. The number of anilines is 1. The van der Waals surface area contributed by atoms with Gasteiger partial charge < -0.3 is 19.4 Å². The first-order valence-corrected chi connectivity index (χ1v) is 15.1. The molecule has 1 aliphatic heterocycles. The van der Waals surface area contributed by atoms with Gasteiger partial charge in [0.1, 0.15) is 11.5 Å². The lowest BCUT2D eigenvalue weighted by Gasteiger charge is -2.24. The number of amides is 1. The second-order valence-corrected chi connectivity index (χ2v) is 13.1. The summed E-state index contributed by atoms with van der Waals surface area (Å²) < 4.78 is 32.7. The summed E-state index contributed by atoms with van der Waals surface area (Å²) in [5.41, 5.74) is 4.48. The Morgan fingerprint density at radius 3 is 2.17 bits per heavy atom. The van der Waals surface area contributed by atoms with E-state index in [2.05, 4.69) is 49.0 Å². The molecule has 1 heterocycles. The summed E-state index contributed by atoms with van der Waals surface area (Å²) in [6.07, 6.45) is 1.15. The Labute approximate surface area is 239 Å². The Balaban J connectivity index is 1.54. The highest BCUT2D eigenvalue weighted by Gasteiger charge is 2.28. The first kappa shape index (κ1) is 31.6. The van der Waals surface area contributed by atoms with Crippen LogP contribution in [0.2, 0.25) is 0 Å². The van der Waals surface area contributed by atoms with E-state index < -0.39 is 10.0 Å². The Bertz CT molecular complexity index is 1320. The zero-order valence-electron chi connectivity index (χ0n) is 25.2. The van der Waals surface area contributed by atoms with E-state index in [-0.39, 0.29) is 36.0 Å². The Hall–Kier alpha value is -2.95. The summed E-state index contributed by atoms with van der Waals surface area (Å²) in [6.45, 7) is 7.66. The topological polar surface area (TPSA) is 90.5 Å². The SMILES string of the molecule is COc1cc(C)c(S(=O)(=O)N(C)CC(=O)CCC(=O)N(C)Cc2ccc(N3CCC(N(C)C)C3)cc2C)c(C)c1. The van der Waals surface area contributed by atoms with Gasteiger partial charge in [0.2, 0.25) is 15.9 Å². The fraction of sp³-hybridized carbons (Fsp3) is 0.533. The third kappa shape index (κ3) is 7.41. The summed E-state index contributed by atoms with van der Waals surface area (Å²) in [6, 6.07) is 10.2. The molecule has 3 rings (SSSR count). The van der Waals surface area contributed by atoms with E-state index in [9.17, 15) is 18.0 Å². The number of methoxy groups -OCH3 is 1. The molecular formula is C30H44N4O5S. The molecule has 0 aromatic heterocycles. The van der Waals surface area contributed by atoms with Gasteiger partial charge in [0.15, 0.2) is 0 Å². The monoisotopic (exact) mass is 572 g/mol. The minimum Gasteiger partial charge on any atom is -0.497 e. The number of ether oxygens (including phenoxy) is 1. The van der Waals surface area contributed by atoms with Crippen molar-refractivity contribution in [3.8, 4) is 5.75 Å². The van der Waals surface area contributed by atoms with Crippen LogP contribution in [0.5, 0.6) is 5.75 Å². The van der Waals surface area contributed by atoms with Gasteiger partial charge in [-0.15, -0.1) is 0 Å². The average molecular weight is 573 g/mol. The van der Waals surface area contributed by atoms with Crippen molar-refractivity contribution in [2.75, 3.05) is 59.8 Å². The molecule has 1 fully saturated rings. The molecule has 9 nitrogen and oxygen atoms in total. The van der Waals surface area contributed by atoms with Gasteiger partial charge in [0, 0.05) is 58.3 Å². The maximum Gasteiger partial charge on any atom is 0.243 e. The van der Waals surface area contributed by atoms with E-state index >= 15 is 0 Å². The van der Waals surface area contributed by atoms with Gasteiger partial charge >= 0.3 is 0 Å². The lowest BCUT2D eigenvalue weighted by molar-refractivity contribution is -0.132. The van der Waals surface area contributed by atoms with Crippen LogP contribution < -0.4 is 9.64 Å². The third-order valence-electron chi connectivity index (χ3n) is 7.77. The number of hydrogen-bond donors (Lipinski definition) is 0. The number of carbonyl (C=O) groups is 2. The second kappa shape index (κ2) is 13.1. The largest absolute Gasteiger partial charge is 0.497 e. The fourth-order valence-electron chi connectivity index (χ4n) is 5.24. The van der Waals surface area contributed by atoms with Crippen molar-refractivity contribution in [1.29, 1.82) is 0 Å². The number of sulfonamides is 1. The smallest absolute Gasteiger partial charge is 0.243 e. The van der Waals surface area contributed by atoms with E-state index in [0.717, 1.165) is 34.9 Å². The molecule has 0 N–H and O–H groups in total. The van der Waals surface area contributed by atoms with Crippen LogP contribution in [0.1, 0.15) is 41.5 Å². The Morgan fingerprint density at radius 2 is 1.62 bits per heavy atom. The lowest BCUT2D eigenvalue weighted by atomic mass is 10.1. The predicted molar refractivity (Wildman–Crippen MR) is 158 cm³/mol. The average Bonchev–Trinajstić information content (AvgIpc) is 3.38. The molecule has 40 heavy (non-hydrogen) atoms. The highest BCUT2D eigenvalue weighted by Crippen LogP contribution is 2.28. The van der Waals surface area contributed by atoms with Gasteiger partial charge in [-0.25, -0.2) is 8.42 Å². The minimum absolute atomic E-state index is 0.0243. The standard InChI is InChI=1S/C30H44N4O5S/c1-21-15-25(34-14-13-26(19-34)31(4)5)10-9-24(21)18-32(6)29(36)12-11-27(35)20-33(7)40(37,38)30-22(2)16-28(39-8)17-23(30)3/h9-10,15-17,26H,11-14,18-20H2,1-8H3. The molecule has 1 saturated heterocycles. The maximum atomic E-state index is 13.2. The zero-order chi connectivity index (χ0) is 29.8. The molecule has 0 saturated carbocycles. The van der Waals surface area contributed by atoms with E-state index in [1.807, 2.05) is 0 Å². The molecule has 0 radical (unpaired) electrons. The number of carbonyl (C=O) groups excluding carboxylic acids is 2. The van der Waals surface area contributed by atoms with Crippen LogP contribution in [0.15, 0.2) is 35.2 Å². The summed E-state index contributed by atoms with van der Waals surface area (Å²) in [5, 5.41) is 0. The van der Waals surface area contributed by atoms with Crippen molar-refractivity contribution in [3.63, 3.8) is 0 Å². The zero-order valence-corrected chi connectivity index (χ0v) is 26.0.